The number of hydrogen-bond acceptors (Lipinski definition) is 3. The Bertz CT molecular complexity index is 490. The van der Waals surface area contributed by atoms with E-state index in [1.54, 1.807) is 0 Å². The van der Waals surface area contributed by atoms with Gasteiger partial charge in [0.15, 0.2) is 0 Å². The van der Waals surface area contributed by atoms with Crippen LogP contribution in [0.2, 0.25) is 5.02 Å². The Kier molecular flexibility index (Phi) is 4.89. The van der Waals surface area contributed by atoms with Crippen LogP contribution < -0.4 is 16.0 Å². The van der Waals surface area contributed by atoms with Gasteiger partial charge in [0, 0.05) is 20.1 Å². The Labute approximate surface area is 125 Å². The van der Waals surface area contributed by atoms with Crippen LogP contribution >= 0.6 is 11.6 Å². The first-order valence-corrected chi connectivity index (χ1v) is 7.40. The molecule has 0 heterocycles. The average Bonchev–Trinajstić information content (AvgIpc) is 2.38. The first kappa shape index (κ1) is 15.1. The van der Waals surface area contributed by atoms with Crippen LogP contribution in [0.15, 0.2) is 18.2 Å². The van der Waals surface area contributed by atoms with Crippen LogP contribution in [0.3, 0.4) is 0 Å². The monoisotopic (exact) mass is 295 g/mol. The van der Waals surface area contributed by atoms with Crippen LogP contribution in [0.4, 0.5) is 11.4 Å². The van der Waals surface area contributed by atoms with Gasteiger partial charge in [0.2, 0.25) is 5.91 Å². The van der Waals surface area contributed by atoms with E-state index in [0.29, 0.717) is 5.02 Å². The third kappa shape index (κ3) is 3.25. The van der Waals surface area contributed by atoms with Gasteiger partial charge in [0.1, 0.15) is 0 Å². The number of amides is 1. The molecule has 2 atom stereocenters. The van der Waals surface area contributed by atoms with Gasteiger partial charge in [0.25, 0.3) is 0 Å². The fraction of sp³-hybridized carbons (Fsp3) is 0.533. The minimum Gasteiger partial charge on any atom is -0.375 e. The molecule has 1 aromatic carbocycles. The molecule has 2 rings (SSSR count). The van der Waals surface area contributed by atoms with E-state index in [9.17, 15) is 4.79 Å². The van der Waals surface area contributed by atoms with Crippen molar-refractivity contribution in [2.75, 3.05) is 24.3 Å². The summed E-state index contributed by atoms with van der Waals surface area (Å²) in [4.78, 5) is 14.3. The Morgan fingerprint density at radius 2 is 2.05 bits per heavy atom. The Hall–Kier alpha value is -1.26. The van der Waals surface area contributed by atoms with Crippen molar-refractivity contribution in [3.8, 4) is 0 Å². The smallest absolute Gasteiger partial charge is 0.229 e. The summed E-state index contributed by atoms with van der Waals surface area (Å²) in [5.74, 6) is -0.0969. The summed E-state index contributed by atoms with van der Waals surface area (Å²) in [6.45, 7) is 0. The lowest BCUT2D eigenvalue weighted by atomic mass is 9.84. The van der Waals surface area contributed by atoms with Crippen LogP contribution in [0.5, 0.6) is 0 Å². The standard InChI is InChI=1S/C15H22ClN3O/c1-19(2)14-11(16)7-5-9-13(14)18-15(20)10-6-3-4-8-12(10)17/h5,7,9-10,12H,3-4,6,8,17H2,1-2H3,(H,18,20). The minimum absolute atomic E-state index is 0.00238. The summed E-state index contributed by atoms with van der Waals surface area (Å²) in [6.07, 6.45) is 3.98. The maximum absolute atomic E-state index is 12.4. The largest absolute Gasteiger partial charge is 0.375 e. The molecular formula is C15H22ClN3O. The van der Waals surface area contributed by atoms with Crippen LogP contribution in [0.25, 0.3) is 0 Å². The van der Waals surface area contributed by atoms with Crippen molar-refractivity contribution in [2.24, 2.45) is 11.7 Å². The number of hydrogen-bond donors (Lipinski definition) is 2. The summed E-state index contributed by atoms with van der Waals surface area (Å²) in [5.41, 5.74) is 7.63. The number of carbonyl (C=O) groups is 1. The summed E-state index contributed by atoms with van der Waals surface area (Å²) in [7, 11) is 3.81. The number of rotatable bonds is 3. The quantitative estimate of drug-likeness (QED) is 0.901. The van der Waals surface area contributed by atoms with E-state index in [1.165, 1.54) is 0 Å². The molecular weight excluding hydrogens is 274 g/mol. The molecule has 5 heteroatoms. The van der Waals surface area contributed by atoms with Crippen molar-refractivity contribution < 1.29 is 4.79 Å². The van der Waals surface area contributed by atoms with Gasteiger partial charge in [-0.15, -0.1) is 0 Å². The van der Waals surface area contributed by atoms with Gasteiger partial charge < -0.3 is 16.0 Å². The van der Waals surface area contributed by atoms with Crippen molar-refractivity contribution >= 4 is 28.9 Å². The molecule has 0 aromatic heterocycles. The van der Waals surface area contributed by atoms with Gasteiger partial charge in [-0.3, -0.25) is 4.79 Å². The molecule has 0 radical (unpaired) electrons. The third-order valence-corrected chi connectivity index (χ3v) is 4.15. The minimum atomic E-state index is -0.0993. The van der Waals surface area contributed by atoms with Gasteiger partial charge in [0.05, 0.1) is 22.3 Å². The molecule has 0 saturated heterocycles. The summed E-state index contributed by atoms with van der Waals surface area (Å²) in [6, 6.07) is 5.49. The first-order valence-electron chi connectivity index (χ1n) is 7.03. The number of para-hydroxylation sites is 1. The lowest BCUT2D eigenvalue weighted by molar-refractivity contribution is -0.121. The van der Waals surface area contributed by atoms with E-state index in [0.717, 1.165) is 37.1 Å². The maximum atomic E-state index is 12.4. The molecule has 1 fully saturated rings. The molecule has 3 N–H and O–H groups in total. The molecule has 0 bridgehead atoms. The predicted molar refractivity (Wildman–Crippen MR) is 84.3 cm³/mol. The first-order chi connectivity index (χ1) is 9.50. The Morgan fingerprint density at radius 1 is 1.35 bits per heavy atom. The molecule has 4 nitrogen and oxygen atoms in total. The molecule has 1 aliphatic carbocycles. The molecule has 0 spiro atoms. The molecule has 1 aliphatic rings. The molecule has 1 amide bonds. The second kappa shape index (κ2) is 6.46. The SMILES string of the molecule is CN(C)c1c(Cl)cccc1NC(=O)C1CCCCC1N. The summed E-state index contributed by atoms with van der Waals surface area (Å²) in [5, 5.41) is 3.61. The number of anilines is 2. The zero-order valence-corrected chi connectivity index (χ0v) is 12.8. The van der Waals surface area contributed by atoms with Gasteiger partial charge in [-0.2, -0.15) is 0 Å². The van der Waals surface area contributed by atoms with Crippen molar-refractivity contribution in [2.45, 2.75) is 31.7 Å². The van der Waals surface area contributed by atoms with E-state index in [-0.39, 0.29) is 17.9 Å². The molecule has 1 aromatic rings. The highest BCUT2D eigenvalue weighted by molar-refractivity contribution is 6.34. The van der Waals surface area contributed by atoms with E-state index in [1.807, 2.05) is 37.2 Å². The normalized spacial score (nSPS) is 22.4. The number of nitrogens with two attached hydrogens (primary N) is 1. The van der Waals surface area contributed by atoms with Crippen molar-refractivity contribution in [1.82, 2.24) is 0 Å². The van der Waals surface area contributed by atoms with Gasteiger partial charge in [-0.1, -0.05) is 30.5 Å². The van der Waals surface area contributed by atoms with Gasteiger partial charge >= 0.3 is 0 Å². The van der Waals surface area contributed by atoms with Gasteiger partial charge in [-0.25, -0.2) is 0 Å². The van der Waals surface area contributed by atoms with E-state index >= 15 is 0 Å². The van der Waals surface area contributed by atoms with Crippen molar-refractivity contribution in [1.29, 1.82) is 0 Å². The second-order valence-corrected chi connectivity index (χ2v) is 5.98. The maximum Gasteiger partial charge on any atom is 0.229 e. The molecule has 110 valence electrons. The highest BCUT2D eigenvalue weighted by Crippen LogP contribution is 2.33. The van der Waals surface area contributed by atoms with Crippen molar-refractivity contribution in [3.05, 3.63) is 23.2 Å². The number of benzene rings is 1. The highest BCUT2D eigenvalue weighted by atomic mass is 35.5. The fourth-order valence-electron chi connectivity index (χ4n) is 2.78. The number of nitrogens with one attached hydrogen (secondary N) is 1. The summed E-state index contributed by atoms with van der Waals surface area (Å²) >= 11 is 6.20. The molecule has 20 heavy (non-hydrogen) atoms. The van der Waals surface area contributed by atoms with Crippen LogP contribution in [0.1, 0.15) is 25.7 Å². The topological polar surface area (TPSA) is 58.4 Å². The van der Waals surface area contributed by atoms with E-state index in [2.05, 4.69) is 5.32 Å². The van der Waals surface area contributed by atoms with Crippen LogP contribution in [-0.2, 0) is 4.79 Å². The third-order valence-electron chi connectivity index (χ3n) is 3.85. The number of carbonyl (C=O) groups excluding carboxylic acids is 1. The zero-order chi connectivity index (χ0) is 14.7. The fourth-order valence-corrected chi connectivity index (χ4v) is 3.12. The molecule has 0 aliphatic heterocycles. The van der Waals surface area contributed by atoms with Crippen LogP contribution in [-0.4, -0.2) is 26.0 Å². The van der Waals surface area contributed by atoms with E-state index < -0.39 is 0 Å². The zero-order valence-electron chi connectivity index (χ0n) is 12.0. The Balaban J connectivity index is 2.17. The molecule has 1 saturated carbocycles. The lowest BCUT2D eigenvalue weighted by Gasteiger charge is -2.28. The number of halogens is 1. The lowest BCUT2D eigenvalue weighted by Crippen LogP contribution is -2.40. The Morgan fingerprint density at radius 3 is 2.70 bits per heavy atom. The second-order valence-electron chi connectivity index (χ2n) is 5.57. The highest BCUT2D eigenvalue weighted by Gasteiger charge is 2.28. The van der Waals surface area contributed by atoms with Gasteiger partial charge in [-0.05, 0) is 25.0 Å². The van der Waals surface area contributed by atoms with Crippen molar-refractivity contribution in [3.63, 3.8) is 0 Å². The summed E-state index contributed by atoms with van der Waals surface area (Å²) < 4.78 is 0. The van der Waals surface area contributed by atoms with Crippen LogP contribution in [0, 0.1) is 5.92 Å². The molecule has 2 unspecified atom stereocenters. The predicted octanol–water partition coefficient (Wildman–Crippen LogP) is 2.86. The average molecular weight is 296 g/mol. The number of nitrogens with zero attached hydrogens (tertiary/aromatic N) is 1. The van der Waals surface area contributed by atoms with E-state index in [4.69, 9.17) is 17.3 Å².